The number of H-pyrrole nitrogens is 1. The molecule has 0 unspecified atom stereocenters. The maximum atomic E-state index is 12.6. The summed E-state index contributed by atoms with van der Waals surface area (Å²) in [5, 5.41) is 11.1. The summed E-state index contributed by atoms with van der Waals surface area (Å²) in [4.78, 5) is 12.6. The number of methoxy groups -OCH3 is 3. The summed E-state index contributed by atoms with van der Waals surface area (Å²) >= 11 is 0. The molecule has 0 aliphatic carbocycles. The number of nitrogens with zero attached hydrogens (tertiary/aromatic N) is 2. The van der Waals surface area contributed by atoms with Gasteiger partial charge in [-0.15, -0.1) is 0 Å². The Bertz CT molecular complexity index is 1110. The molecular formula is C23H26N4O5. The fourth-order valence-corrected chi connectivity index (χ4v) is 3.15. The van der Waals surface area contributed by atoms with Crippen LogP contribution in [0.2, 0.25) is 0 Å². The Labute approximate surface area is 186 Å². The number of benzene rings is 2. The number of aromatic amines is 1. The van der Waals surface area contributed by atoms with Crippen molar-refractivity contribution in [3.05, 3.63) is 53.2 Å². The zero-order valence-corrected chi connectivity index (χ0v) is 18.7. The molecule has 1 heterocycles. The molecule has 168 valence electrons. The second kappa shape index (κ2) is 10.3. The normalized spacial score (nSPS) is 10.8. The molecule has 0 atom stereocenters. The zero-order valence-electron chi connectivity index (χ0n) is 18.7. The van der Waals surface area contributed by atoms with Gasteiger partial charge in [-0.1, -0.05) is 0 Å². The summed E-state index contributed by atoms with van der Waals surface area (Å²) in [7, 11) is 4.61. The minimum absolute atomic E-state index is 0.324. The molecule has 0 bridgehead atoms. The molecule has 0 fully saturated rings. The number of ether oxygens (including phenoxy) is 4. The molecule has 0 saturated carbocycles. The first-order chi connectivity index (χ1) is 15.5. The standard InChI is InChI=1S/C23H26N4O5/c1-6-32-17-9-7-15(8-10-17)21-14(2)22(26-25-21)23(28)27-24-13-16-11-19(30-4)20(31-5)12-18(16)29-3/h7-13H,6H2,1-5H3,(H,25,26)(H,27,28)/b24-13+. The third-order valence-electron chi connectivity index (χ3n) is 4.78. The van der Waals surface area contributed by atoms with E-state index in [1.165, 1.54) is 20.4 Å². The Balaban J connectivity index is 1.75. The Kier molecular flexibility index (Phi) is 7.33. The average Bonchev–Trinajstić information content (AvgIpc) is 3.20. The summed E-state index contributed by atoms with van der Waals surface area (Å²) in [6.45, 7) is 4.35. The van der Waals surface area contributed by atoms with Crippen LogP contribution >= 0.6 is 0 Å². The summed E-state index contributed by atoms with van der Waals surface area (Å²) in [5.41, 5.74) is 5.72. The van der Waals surface area contributed by atoms with Crippen LogP contribution in [0.25, 0.3) is 11.3 Å². The van der Waals surface area contributed by atoms with E-state index in [0.717, 1.165) is 11.3 Å². The molecule has 0 aliphatic rings. The third kappa shape index (κ3) is 4.83. The van der Waals surface area contributed by atoms with E-state index < -0.39 is 5.91 Å². The van der Waals surface area contributed by atoms with Gasteiger partial charge in [-0.05, 0) is 44.2 Å². The van der Waals surface area contributed by atoms with Crippen molar-refractivity contribution < 1.29 is 23.7 Å². The molecule has 0 radical (unpaired) electrons. The summed E-state index contributed by atoms with van der Waals surface area (Å²) in [5.74, 6) is 1.94. The third-order valence-corrected chi connectivity index (χ3v) is 4.78. The highest BCUT2D eigenvalue weighted by molar-refractivity contribution is 5.96. The quantitative estimate of drug-likeness (QED) is 0.391. The van der Waals surface area contributed by atoms with Crippen molar-refractivity contribution in [1.29, 1.82) is 0 Å². The van der Waals surface area contributed by atoms with Crippen LogP contribution in [0.5, 0.6) is 23.0 Å². The number of amides is 1. The molecule has 3 rings (SSSR count). The first-order valence-corrected chi connectivity index (χ1v) is 9.93. The number of nitrogens with one attached hydrogen (secondary N) is 2. The van der Waals surface area contributed by atoms with Gasteiger partial charge in [-0.3, -0.25) is 9.89 Å². The van der Waals surface area contributed by atoms with Crippen LogP contribution in [0.1, 0.15) is 28.5 Å². The molecule has 0 saturated heterocycles. The van der Waals surface area contributed by atoms with Crippen molar-refractivity contribution in [3.8, 4) is 34.3 Å². The van der Waals surface area contributed by atoms with Gasteiger partial charge >= 0.3 is 0 Å². The maximum Gasteiger partial charge on any atom is 0.289 e. The average molecular weight is 438 g/mol. The molecule has 3 aromatic rings. The van der Waals surface area contributed by atoms with Crippen molar-refractivity contribution in [2.45, 2.75) is 13.8 Å². The molecule has 0 aliphatic heterocycles. The minimum Gasteiger partial charge on any atom is -0.496 e. The first kappa shape index (κ1) is 22.7. The molecule has 1 amide bonds. The highest BCUT2D eigenvalue weighted by Crippen LogP contribution is 2.33. The zero-order chi connectivity index (χ0) is 23.1. The van der Waals surface area contributed by atoms with Gasteiger partial charge in [-0.25, -0.2) is 5.43 Å². The minimum atomic E-state index is -0.414. The van der Waals surface area contributed by atoms with E-state index in [9.17, 15) is 4.79 Å². The van der Waals surface area contributed by atoms with Crippen molar-refractivity contribution >= 4 is 12.1 Å². The smallest absolute Gasteiger partial charge is 0.289 e. The van der Waals surface area contributed by atoms with Crippen LogP contribution in [-0.2, 0) is 0 Å². The number of hydrogen-bond acceptors (Lipinski definition) is 7. The molecule has 2 aromatic carbocycles. The monoisotopic (exact) mass is 438 g/mol. The lowest BCUT2D eigenvalue weighted by Crippen LogP contribution is -2.19. The molecular weight excluding hydrogens is 412 g/mol. The van der Waals surface area contributed by atoms with Gasteiger partial charge in [0.05, 0.1) is 39.8 Å². The first-order valence-electron chi connectivity index (χ1n) is 9.93. The number of carbonyl (C=O) groups is 1. The van der Waals surface area contributed by atoms with Crippen LogP contribution in [-0.4, -0.2) is 50.3 Å². The molecule has 0 spiro atoms. The summed E-state index contributed by atoms with van der Waals surface area (Å²) < 4.78 is 21.4. The second-order valence-electron chi connectivity index (χ2n) is 6.68. The summed E-state index contributed by atoms with van der Waals surface area (Å²) in [6.07, 6.45) is 1.47. The fourth-order valence-electron chi connectivity index (χ4n) is 3.15. The number of carbonyl (C=O) groups excluding carboxylic acids is 1. The molecule has 9 nitrogen and oxygen atoms in total. The van der Waals surface area contributed by atoms with Crippen LogP contribution in [0, 0.1) is 6.92 Å². The number of hydrogen-bond donors (Lipinski definition) is 2. The van der Waals surface area contributed by atoms with Gasteiger partial charge in [0.1, 0.15) is 17.2 Å². The van der Waals surface area contributed by atoms with Gasteiger partial charge in [0.25, 0.3) is 5.91 Å². The summed E-state index contributed by atoms with van der Waals surface area (Å²) in [6, 6.07) is 10.9. The molecule has 1 aromatic heterocycles. The van der Waals surface area contributed by atoms with Crippen molar-refractivity contribution in [3.63, 3.8) is 0 Å². The molecule has 2 N–H and O–H groups in total. The van der Waals surface area contributed by atoms with Gasteiger partial charge in [0.15, 0.2) is 11.5 Å². The van der Waals surface area contributed by atoms with Crippen LogP contribution in [0.15, 0.2) is 41.5 Å². The molecule has 9 heteroatoms. The number of rotatable bonds is 9. The number of hydrazone groups is 1. The molecule has 32 heavy (non-hydrogen) atoms. The van der Waals surface area contributed by atoms with E-state index in [-0.39, 0.29) is 0 Å². The van der Waals surface area contributed by atoms with Crippen molar-refractivity contribution in [1.82, 2.24) is 15.6 Å². The van der Waals surface area contributed by atoms with Gasteiger partial charge in [0.2, 0.25) is 0 Å². The largest absolute Gasteiger partial charge is 0.496 e. The highest BCUT2D eigenvalue weighted by atomic mass is 16.5. The van der Waals surface area contributed by atoms with Crippen molar-refractivity contribution in [2.24, 2.45) is 5.10 Å². The van der Waals surface area contributed by atoms with E-state index in [0.29, 0.717) is 46.4 Å². The van der Waals surface area contributed by atoms with E-state index in [4.69, 9.17) is 18.9 Å². The highest BCUT2D eigenvalue weighted by Gasteiger charge is 2.17. The lowest BCUT2D eigenvalue weighted by atomic mass is 10.1. The van der Waals surface area contributed by atoms with Crippen LogP contribution < -0.4 is 24.4 Å². The fraction of sp³-hybridized carbons (Fsp3) is 0.261. The van der Waals surface area contributed by atoms with Crippen LogP contribution in [0.4, 0.5) is 0 Å². The predicted molar refractivity (Wildman–Crippen MR) is 121 cm³/mol. The van der Waals surface area contributed by atoms with Gasteiger partial charge < -0.3 is 18.9 Å². The van der Waals surface area contributed by atoms with Crippen molar-refractivity contribution in [2.75, 3.05) is 27.9 Å². The Hall–Kier alpha value is -4.01. The van der Waals surface area contributed by atoms with Gasteiger partial charge in [-0.2, -0.15) is 10.2 Å². The Morgan fingerprint density at radius 2 is 1.72 bits per heavy atom. The second-order valence-corrected chi connectivity index (χ2v) is 6.68. The number of aromatic nitrogens is 2. The maximum absolute atomic E-state index is 12.6. The van der Waals surface area contributed by atoms with E-state index in [2.05, 4.69) is 20.7 Å². The SMILES string of the molecule is CCOc1ccc(-c2n[nH]c(C(=O)N/N=C/c3cc(OC)c(OC)cc3OC)c2C)cc1. The Morgan fingerprint density at radius 3 is 2.34 bits per heavy atom. The topological polar surface area (TPSA) is 107 Å². The Morgan fingerprint density at radius 1 is 1.06 bits per heavy atom. The van der Waals surface area contributed by atoms with Crippen LogP contribution in [0.3, 0.4) is 0 Å². The van der Waals surface area contributed by atoms with E-state index in [1.807, 2.05) is 38.1 Å². The lowest BCUT2D eigenvalue weighted by Gasteiger charge is -2.11. The van der Waals surface area contributed by atoms with E-state index >= 15 is 0 Å². The predicted octanol–water partition coefficient (Wildman–Crippen LogP) is 3.57. The van der Waals surface area contributed by atoms with Gasteiger partial charge in [0, 0.05) is 22.8 Å². The van der Waals surface area contributed by atoms with E-state index in [1.54, 1.807) is 19.2 Å². The lowest BCUT2D eigenvalue weighted by molar-refractivity contribution is 0.0949.